The molecule has 2 aromatic rings. The molecule has 0 radical (unpaired) electrons. The first-order chi connectivity index (χ1) is 24.6. The number of benzene rings is 2. The summed E-state index contributed by atoms with van der Waals surface area (Å²) in [5.41, 5.74) is 6.97. The van der Waals surface area contributed by atoms with E-state index in [4.69, 9.17) is 0 Å². The van der Waals surface area contributed by atoms with Crippen molar-refractivity contribution in [3.05, 3.63) is 99.2 Å². The molecule has 1 aliphatic carbocycles. The lowest BCUT2D eigenvalue weighted by molar-refractivity contribution is -0.438. The number of hydrogen-bond donors (Lipinski definition) is 3. The third-order valence-corrected chi connectivity index (χ3v) is 13.8. The molecule has 0 atom stereocenters. The smallest absolute Gasteiger partial charge is 0.294 e. The van der Waals surface area contributed by atoms with Crippen molar-refractivity contribution < 1.29 is 43.5 Å². The molecular weight excluding hydrogens is 805 g/mol. The van der Waals surface area contributed by atoms with Gasteiger partial charge in [0.1, 0.15) is 6.54 Å². The van der Waals surface area contributed by atoms with Crippen LogP contribution in [0.1, 0.15) is 83.8 Å². The van der Waals surface area contributed by atoms with Crippen LogP contribution in [-0.2, 0) is 41.2 Å². The van der Waals surface area contributed by atoms with Crippen molar-refractivity contribution in [2.24, 2.45) is 0 Å². The Morgan fingerprint density at radius 1 is 0.792 bits per heavy atom. The summed E-state index contributed by atoms with van der Waals surface area (Å²) in [6, 6.07) is 12.7. The molecule has 2 aromatic carbocycles. The summed E-state index contributed by atoms with van der Waals surface area (Å²) in [6.07, 6.45) is 12.6. The Morgan fingerprint density at radius 2 is 1.45 bits per heavy atom. The van der Waals surface area contributed by atoms with Crippen molar-refractivity contribution in [2.45, 2.75) is 88.4 Å². The van der Waals surface area contributed by atoms with Crippen molar-refractivity contribution in [1.82, 2.24) is 0 Å². The highest BCUT2D eigenvalue weighted by molar-refractivity contribution is 9.12. The summed E-state index contributed by atoms with van der Waals surface area (Å²) in [5, 5.41) is 0. The minimum Gasteiger partial charge on any atom is -0.344 e. The number of halogens is 1. The molecule has 0 saturated heterocycles. The van der Waals surface area contributed by atoms with E-state index >= 15 is 0 Å². The molecule has 5 rings (SSSR count). The number of unbranched alkanes of at least 4 members (excludes halogenated alkanes) is 2. The van der Waals surface area contributed by atoms with Gasteiger partial charge in [-0.05, 0) is 93.4 Å². The number of rotatable bonds is 14. The van der Waals surface area contributed by atoms with Crippen molar-refractivity contribution in [2.75, 3.05) is 29.5 Å². The lowest BCUT2D eigenvalue weighted by Crippen LogP contribution is -2.28. The second-order valence-electron chi connectivity index (χ2n) is 14.9. The lowest BCUT2D eigenvalue weighted by atomic mass is 9.81. The zero-order valence-electron chi connectivity index (χ0n) is 30.4. The first kappa shape index (κ1) is 41.2. The van der Waals surface area contributed by atoms with Gasteiger partial charge in [0.05, 0.1) is 21.8 Å². The second kappa shape index (κ2) is 15.7. The molecule has 0 amide bonds. The zero-order chi connectivity index (χ0) is 39.0. The van der Waals surface area contributed by atoms with Gasteiger partial charge >= 0.3 is 0 Å². The first-order valence-corrected chi connectivity index (χ1v) is 23.1. The Morgan fingerprint density at radius 3 is 2.11 bits per heavy atom. The van der Waals surface area contributed by atoms with E-state index in [0.29, 0.717) is 37.9 Å². The summed E-state index contributed by atoms with van der Waals surface area (Å²) in [6.45, 7) is 9.36. The molecular formula is C38H48BrN2O9S3+. The molecule has 0 bridgehead atoms. The maximum Gasteiger partial charge on any atom is 0.294 e. The molecule has 3 N–H and O–H groups in total. The van der Waals surface area contributed by atoms with Gasteiger partial charge in [-0.3, -0.25) is 13.7 Å². The monoisotopic (exact) mass is 851 g/mol. The Hall–Kier alpha value is -2.92. The summed E-state index contributed by atoms with van der Waals surface area (Å²) in [4.78, 5) is 1.85. The van der Waals surface area contributed by atoms with Crippen LogP contribution in [0, 0.1) is 0 Å². The molecule has 11 nitrogen and oxygen atoms in total. The molecule has 2 aliphatic heterocycles. The fraction of sp³-hybridized carbons (Fsp3) is 0.447. The number of para-hydroxylation sites is 1. The van der Waals surface area contributed by atoms with E-state index in [-0.39, 0.29) is 28.2 Å². The summed E-state index contributed by atoms with van der Waals surface area (Å²) >= 11 is 3.89. The molecule has 0 fully saturated rings. The van der Waals surface area contributed by atoms with Crippen LogP contribution in [0.25, 0.3) is 0 Å². The van der Waals surface area contributed by atoms with E-state index < -0.39 is 35.8 Å². The minimum atomic E-state index is -4.44. The van der Waals surface area contributed by atoms with Crippen LogP contribution in [0.15, 0.2) is 93.0 Å². The van der Waals surface area contributed by atoms with Crippen LogP contribution >= 0.6 is 15.9 Å². The molecule has 53 heavy (non-hydrogen) atoms. The van der Waals surface area contributed by atoms with Crippen molar-refractivity contribution in [3.63, 3.8) is 0 Å². The summed E-state index contributed by atoms with van der Waals surface area (Å²) in [5.74, 6) is -0.632. The van der Waals surface area contributed by atoms with E-state index in [1.165, 1.54) is 17.7 Å². The SMILES string of the molecule is CC1(C)C(/C=C/C2=C(Br)C(=C/C=C3/N(CCCCS(=O)(=O)O)c4ccc(S(=O)(=O)O)cc4C3(C)C)/CCC2)=[N+](CCCCS(=O)(=O)O)c2ccccc21. The Kier molecular flexibility index (Phi) is 12.2. The van der Waals surface area contributed by atoms with Gasteiger partial charge in [-0.2, -0.15) is 29.8 Å². The van der Waals surface area contributed by atoms with Gasteiger partial charge in [0, 0.05) is 52.0 Å². The topological polar surface area (TPSA) is 169 Å². The first-order valence-electron chi connectivity index (χ1n) is 17.6. The fourth-order valence-corrected chi connectivity index (χ4v) is 9.92. The van der Waals surface area contributed by atoms with Gasteiger partial charge in [0.15, 0.2) is 5.71 Å². The number of anilines is 1. The van der Waals surface area contributed by atoms with E-state index in [1.54, 1.807) is 6.07 Å². The maximum atomic E-state index is 12.0. The predicted molar refractivity (Wildman–Crippen MR) is 212 cm³/mol. The number of fused-ring (bicyclic) bond motifs is 2. The quantitative estimate of drug-likeness (QED) is 0.0976. The lowest BCUT2D eigenvalue weighted by Gasteiger charge is -2.27. The molecule has 0 spiro atoms. The molecule has 15 heteroatoms. The van der Waals surface area contributed by atoms with Crippen LogP contribution in [0.3, 0.4) is 0 Å². The van der Waals surface area contributed by atoms with Crippen LogP contribution in [-0.4, -0.2) is 73.8 Å². The normalized spacial score (nSPS) is 20.3. The van der Waals surface area contributed by atoms with E-state index in [1.807, 2.05) is 37.0 Å². The molecule has 0 saturated carbocycles. The van der Waals surface area contributed by atoms with E-state index in [2.05, 4.69) is 64.7 Å². The highest BCUT2D eigenvalue weighted by Crippen LogP contribution is 2.49. The molecule has 0 unspecified atom stereocenters. The molecule has 288 valence electrons. The predicted octanol–water partition coefficient (Wildman–Crippen LogP) is 7.64. The van der Waals surface area contributed by atoms with Crippen molar-refractivity contribution in [1.29, 1.82) is 0 Å². The van der Waals surface area contributed by atoms with Crippen LogP contribution in [0.2, 0.25) is 0 Å². The van der Waals surface area contributed by atoms with Gasteiger partial charge < -0.3 is 4.90 Å². The minimum absolute atomic E-state index is 0.201. The second-order valence-corrected chi connectivity index (χ2v) is 20.2. The number of allylic oxidation sites excluding steroid dienone is 8. The molecule has 0 aromatic heterocycles. The van der Waals surface area contributed by atoms with Gasteiger partial charge in [0.25, 0.3) is 30.4 Å². The van der Waals surface area contributed by atoms with E-state index in [9.17, 15) is 38.9 Å². The largest absolute Gasteiger partial charge is 0.344 e. The molecule has 3 aliphatic rings. The zero-order valence-corrected chi connectivity index (χ0v) is 34.5. The van der Waals surface area contributed by atoms with Crippen LogP contribution in [0.4, 0.5) is 11.4 Å². The van der Waals surface area contributed by atoms with Gasteiger partial charge in [-0.25, -0.2) is 0 Å². The summed E-state index contributed by atoms with van der Waals surface area (Å²) < 4.78 is 101. The number of nitrogens with zero attached hydrogens (tertiary/aromatic N) is 2. The Labute approximate surface area is 322 Å². The van der Waals surface area contributed by atoms with Gasteiger partial charge in [0.2, 0.25) is 5.69 Å². The highest BCUT2D eigenvalue weighted by Gasteiger charge is 2.44. The third kappa shape index (κ3) is 9.49. The Balaban J connectivity index is 1.48. The average Bonchev–Trinajstić information content (AvgIpc) is 3.40. The highest BCUT2D eigenvalue weighted by atomic mass is 79.9. The summed E-state index contributed by atoms with van der Waals surface area (Å²) in [7, 11) is -12.6. The van der Waals surface area contributed by atoms with Crippen LogP contribution in [0.5, 0.6) is 0 Å². The van der Waals surface area contributed by atoms with Gasteiger partial charge in [-0.1, -0.05) is 60.1 Å². The average molecular weight is 853 g/mol. The third-order valence-electron chi connectivity index (χ3n) is 10.4. The Bertz CT molecular complexity index is 2270. The van der Waals surface area contributed by atoms with Crippen LogP contribution < -0.4 is 4.90 Å². The maximum absolute atomic E-state index is 12.0. The van der Waals surface area contributed by atoms with E-state index in [0.717, 1.165) is 57.7 Å². The fourth-order valence-electron chi connectivity index (χ4n) is 7.61. The van der Waals surface area contributed by atoms with Gasteiger partial charge in [-0.15, -0.1) is 0 Å². The van der Waals surface area contributed by atoms with Crippen molar-refractivity contribution >= 4 is 63.4 Å². The van der Waals surface area contributed by atoms with Crippen molar-refractivity contribution in [3.8, 4) is 0 Å². The number of hydrogen-bond acceptors (Lipinski definition) is 7. The standard InChI is InChI=1S/C38H47BrN2O9S3/c1-37(2)30-14-5-6-15-32(30)40(22-7-9-24-51(42,43)44)34(37)20-16-27-12-11-13-28(36(27)39)17-21-35-38(3,4)31-26-29(53(48,49)50)18-19-33(31)41(35)23-8-10-25-52(45,46)47/h5-6,14-21,26H,7-13,22-25H2,1-4H3,(H2-,42,43,44,45,46,47,48,49,50)/p+1. The molecule has 2 heterocycles.